The average Bonchev–Trinajstić information content (AvgIpc) is 2.60. The third-order valence-electron chi connectivity index (χ3n) is 4.45. The molecule has 2 aromatic carbocycles. The molecule has 2 aromatic rings. The molecular weight excluding hydrogens is 361 g/mol. The highest BCUT2D eigenvalue weighted by molar-refractivity contribution is 5.94. The van der Waals surface area contributed by atoms with Crippen molar-refractivity contribution in [1.29, 1.82) is 0 Å². The normalized spacial score (nSPS) is 13.9. The van der Waals surface area contributed by atoms with Gasteiger partial charge in [-0.25, -0.2) is 18.0 Å². The first-order valence-electron chi connectivity index (χ1n) is 8.59. The van der Waals surface area contributed by atoms with Crippen molar-refractivity contribution in [2.45, 2.75) is 25.2 Å². The Labute approximate surface area is 154 Å². The molecule has 5 nitrogen and oxygen atoms in total. The van der Waals surface area contributed by atoms with Crippen molar-refractivity contribution in [1.82, 2.24) is 5.17 Å². The quantitative estimate of drug-likeness (QED) is 0.718. The maximum Gasteiger partial charge on any atom is 0.297 e. The van der Waals surface area contributed by atoms with Gasteiger partial charge in [-0.3, -0.25) is 10.2 Å². The minimum absolute atomic E-state index is 0.0213. The van der Waals surface area contributed by atoms with Crippen LogP contribution in [0.25, 0.3) is 0 Å². The third-order valence-corrected chi connectivity index (χ3v) is 4.45. The highest BCUT2D eigenvalue weighted by Gasteiger charge is 2.23. The molecule has 0 heterocycles. The lowest BCUT2D eigenvalue weighted by molar-refractivity contribution is -0.115. The van der Waals surface area contributed by atoms with Gasteiger partial charge in [0, 0.05) is 5.56 Å². The van der Waals surface area contributed by atoms with Gasteiger partial charge >= 0.3 is 0 Å². The van der Waals surface area contributed by atoms with Crippen molar-refractivity contribution >= 4 is 11.6 Å². The summed E-state index contributed by atoms with van der Waals surface area (Å²) in [4.78, 5) is 17.6. The second-order valence-electron chi connectivity index (χ2n) is 6.26. The summed E-state index contributed by atoms with van der Waals surface area (Å²) in [5.74, 6) is -3.39. The molecule has 1 saturated carbocycles. The molecule has 0 spiro atoms. The molecule has 2 N–H and O–H groups in total. The molecule has 1 amide bonds. The maximum absolute atomic E-state index is 14.4. The van der Waals surface area contributed by atoms with Crippen LogP contribution in [-0.4, -0.2) is 29.4 Å². The number of hydrazine groups is 1. The monoisotopic (exact) mass is 380 g/mol. The van der Waals surface area contributed by atoms with Gasteiger partial charge in [-0.05, 0) is 54.7 Å². The Hall–Kier alpha value is -2.58. The van der Waals surface area contributed by atoms with Gasteiger partial charge in [-0.2, -0.15) is 0 Å². The van der Waals surface area contributed by atoms with Crippen LogP contribution >= 0.6 is 0 Å². The predicted molar refractivity (Wildman–Crippen MR) is 92.2 cm³/mol. The van der Waals surface area contributed by atoms with Crippen LogP contribution in [0.5, 0.6) is 0 Å². The van der Waals surface area contributed by atoms with Crippen molar-refractivity contribution in [2.75, 3.05) is 18.6 Å². The van der Waals surface area contributed by atoms with Crippen LogP contribution in [0.15, 0.2) is 36.4 Å². The number of hydrogen-bond donors (Lipinski definition) is 2. The summed E-state index contributed by atoms with van der Waals surface area (Å²) in [6.07, 6.45) is 3.16. The van der Waals surface area contributed by atoms with E-state index in [1.165, 1.54) is 12.1 Å². The van der Waals surface area contributed by atoms with Crippen LogP contribution in [0.3, 0.4) is 0 Å². The van der Waals surface area contributed by atoms with Crippen molar-refractivity contribution in [3.05, 3.63) is 65.0 Å². The van der Waals surface area contributed by atoms with Gasteiger partial charge in [0.25, 0.3) is 5.91 Å². The molecule has 0 radical (unpaired) electrons. The molecule has 27 heavy (non-hydrogen) atoms. The summed E-state index contributed by atoms with van der Waals surface area (Å²) >= 11 is 0. The molecule has 0 aliphatic heterocycles. The van der Waals surface area contributed by atoms with E-state index in [-0.39, 0.29) is 17.9 Å². The SMILES string of the molecule is O=C(c1ccc(F)c(F)c1)N(Nc1ccc(C2CCC2)cc1F)OCCO. The van der Waals surface area contributed by atoms with Gasteiger partial charge in [0.2, 0.25) is 0 Å². The molecule has 1 aliphatic rings. The number of amides is 1. The summed E-state index contributed by atoms with van der Waals surface area (Å²) < 4.78 is 40.9. The first kappa shape index (κ1) is 19.2. The van der Waals surface area contributed by atoms with Crippen LogP contribution in [0, 0.1) is 17.5 Å². The predicted octanol–water partition coefficient (Wildman–Crippen LogP) is 3.76. The van der Waals surface area contributed by atoms with Crippen molar-refractivity contribution in [3.63, 3.8) is 0 Å². The minimum atomic E-state index is -1.20. The number of carbonyl (C=O) groups excluding carboxylic acids is 1. The van der Waals surface area contributed by atoms with E-state index in [0.29, 0.717) is 17.2 Å². The van der Waals surface area contributed by atoms with Gasteiger partial charge < -0.3 is 5.11 Å². The Kier molecular flexibility index (Phi) is 5.98. The molecule has 0 atom stereocenters. The lowest BCUT2D eigenvalue weighted by atomic mass is 9.80. The van der Waals surface area contributed by atoms with E-state index in [1.807, 2.05) is 0 Å². The maximum atomic E-state index is 14.4. The van der Waals surface area contributed by atoms with E-state index in [9.17, 15) is 18.0 Å². The number of hydrogen-bond acceptors (Lipinski definition) is 4. The number of benzene rings is 2. The number of halogens is 3. The Balaban J connectivity index is 1.79. The fourth-order valence-corrected chi connectivity index (χ4v) is 2.75. The van der Waals surface area contributed by atoms with Crippen molar-refractivity contribution in [2.24, 2.45) is 0 Å². The largest absolute Gasteiger partial charge is 0.394 e. The summed E-state index contributed by atoms with van der Waals surface area (Å²) in [6, 6.07) is 7.25. The number of rotatable bonds is 7. The highest BCUT2D eigenvalue weighted by Crippen LogP contribution is 2.37. The van der Waals surface area contributed by atoms with E-state index in [1.54, 1.807) is 6.07 Å². The van der Waals surface area contributed by atoms with E-state index in [0.717, 1.165) is 37.0 Å². The standard InChI is InChI=1S/C19H19F3N2O3/c20-15-6-4-14(11-16(15)21)19(26)24(27-9-8-25)23-18-7-5-13(10-17(18)22)12-2-1-3-12/h4-7,10-12,23,25H,1-3,8-9H2. The molecule has 0 bridgehead atoms. The van der Waals surface area contributed by atoms with E-state index < -0.39 is 30.0 Å². The summed E-state index contributed by atoms with van der Waals surface area (Å²) in [5, 5.41) is 9.51. The lowest BCUT2D eigenvalue weighted by Crippen LogP contribution is -2.37. The molecule has 1 aliphatic carbocycles. The molecular formula is C19H19F3N2O3. The number of aliphatic hydroxyl groups excluding tert-OH is 1. The Morgan fingerprint density at radius 3 is 2.48 bits per heavy atom. The zero-order valence-corrected chi connectivity index (χ0v) is 14.4. The van der Waals surface area contributed by atoms with E-state index >= 15 is 0 Å². The summed E-state index contributed by atoms with van der Waals surface area (Å²) in [5.41, 5.74) is 3.14. The first-order chi connectivity index (χ1) is 13.0. The van der Waals surface area contributed by atoms with E-state index in [2.05, 4.69) is 5.43 Å². The van der Waals surface area contributed by atoms with Gasteiger partial charge in [-0.1, -0.05) is 12.5 Å². The number of hydroxylamine groups is 1. The molecule has 0 aromatic heterocycles. The second-order valence-corrected chi connectivity index (χ2v) is 6.26. The highest BCUT2D eigenvalue weighted by atomic mass is 19.2. The van der Waals surface area contributed by atoms with Gasteiger partial charge in [0.1, 0.15) is 12.4 Å². The van der Waals surface area contributed by atoms with Crippen LogP contribution < -0.4 is 5.43 Å². The van der Waals surface area contributed by atoms with Crippen LogP contribution in [0.1, 0.15) is 41.1 Å². The number of nitrogens with zero attached hydrogens (tertiary/aromatic N) is 1. The second kappa shape index (κ2) is 8.41. The summed E-state index contributed by atoms with van der Waals surface area (Å²) in [6.45, 7) is -0.656. The third kappa shape index (κ3) is 4.40. The fraction of sp³-hybridized carbons (Fsp3) is 0.316. The Morgan fingerprint density at radius 1 is 1.11 bits per heavy atom. The zero-order chi connectivity index (χ0) is 19.4. The molecule has 1 fully saturated rings. The molecule has 0 saturated heterocycles. The van der Waals surface area contributed by atoms with Gasteiger partial charge in [0.15, 0.2) is 11.6 Å². The summed E-state index contributed by atoms with van der Waals surface area (Å²) in [7, 11) is 0. The van der Waals surface area contributed by atoms with Crippen molar-refractivity contribution < 1.29 is 27.9 Å². The topological polar surface area (TPSA) is 61.8 Å². The van der Waals surface area contributed by atoms with Crippen LogP contribution in [0.2, 0.25) is 0 Å². The van der Waals surface area contributed by atoms with Gasteiger partial charge in [-0.15, -0.1) is 5.17 Å². The molecule has 3 rings (SSSR count). The molecule has 8 heteroatoms. The van der Waals surface area contributed by atoms with Gasteiger partial charge in [0.05, 0.1) is 12.3 Å². The number of anilines is 1. The van der Waals surface area contributed by atoms with Crippen molar-refractivity contribution in [3.8, 4) is 0 Å². The average molecular weight is 380 g/mol. The lowest BCUT2D eigenvalue weighted by Gasteiger charge is -2.27. The smallest absolute Gasteiger partial charge is 0.297 e. The first-order valence-corrected chi connectivity index (χ1v) is 8.59. The zero-order valence-electron chi connectivity index (χ0n) is 14.4. The number of nitrogens with one attached hydrogen (secondary N) is 1. The Morgan fingerprint density at radius 2 is 1.89 bits per heavy atom. The molecule has 144 valence electrons. The Bertz CT molecular complexity index is 828. The van der Waals surface area contributed by atoms with Crippen LogP contribution in [-0.2, 0) is 4.84 Å². The molecule has 0 unspecified atom stereocenters. The van der Waals surface area contributed by atoms with E-state index in [4.69, 9.17) is 9.94 Å². The number of carbonyl (C=O) groups is 1. The number of aliphatic hydroxyl groups is 1. The van der Waals surface area contributed by atoms with Crippen LogP contribution in [0.4, 0.5) is 18.9 Å². The fourth-order valence-electron chi connectivity index (χ4n) is 2.75. The minimum Gasteiger partial charge on any atom is -0.394 e.